The summed E-state index contributed by atoms with van der Waals surface area (Å²) in [7, 11) is 0. The summed E-state index contributed by atoms with van der Waals surface area (Å²) in [5, 5.41) is 4.19. The molecule has 2 unspecified atom stereocenters. The highest BCUT2D eigenvalue weighted by molar-refractivity contribution is 7.14. The first-order valence-corrected chi connectivity index (χ1v) is 18.8. The molecule has 0 bridgehead atoms. The van der Waals surface area contributed by atoms with Gasteiger partial charge in [-0.2, -0.15) is 0 Å². The second-order valence-electron chi connectivity index (χ2n) is 12.6. The van der Waals surface area contributed by atoms with Crippen molar-refractivity contribution in [1.82, 2.24) is 0 Å². The normalized spacial score (nSPS) is 17.8. The molecular weight excluding hydrogens is 557 g/mol. The molecule has 2 aliphatic rings. The molecule has 0 spiro atoms. The number of carbonyl (C=O) groups is 2. The highest BCUT2D eigenvalue weighted by atomic mass is 32.1. The Bertz CT molecular complexity index is 1090. The lowest BCUT2D eigenvalue weighted by Gasteiger charge is -2.25. The van der Waals surface area contributed by atoms with Crippen molar-refractivity contribution in [2.75, 3.05) is 22.9 Å². The van der Waals surface area contributed by atoms with E-state index in [0.717, 1.165) is 47.1 Å². The van der Waals surface area contributed by atoms with E-state index in [-0.39, 0.29) is 11.8 Å². The fraction of sp³-hybridized carbons (Fsp3) is 0.667. The van der Waals surface area contributed by atoms with Gasteiger partial charge in [-0.3, -0.25) is 9.59 Å². The second-order valence-corrected chi connectivity index (χ2v) is 14.4. The summed E-state index contributed by atoms with van der Waals surface area (Å²) in [6, 6.07) is 4.20. The molecule has 0 fully saturated rings. The number of thiophene rings is 2. The van der Waals surface area contributed by atoms with Crippen LogP contribution in [0.4, 0.5) is 11.4 Å². The van der Waals surface area contributed by atoms with Crippen LogP contribution in [0, 0.1) is 11.8 Å². The van der Waals surface area contributed by atoms with E-state index in [2.05, 4.69) is 50.6 Å². The minimum atomic E-state index is 0.0403. The molecule has 0 aromatic carbocycles. The van der Waals surface area contributed by atoms with E-state index in [4.69, 9.17) is 0 Å². The summed E-state index contributed by atoms with van der Waals surface area (Å²) in [6.45, 7) is 10.5. The summed E-state index contributed by atoms with van der Waals surface area (Å²) in [5.41, 5.74) is 3.35. The topological polar surface area (TPSA) is 40.6 Å². The first-order chi connectivity index (χ1) is 20.5. The van der Waals surface area contributed by atoms with Crippen molar-refractivity contribution in [3.63, 3.8) is 0 Å². The highest BCUT2D eigenvalue weighted by Gasteiger charge is 2.44. The van der Waals surface area contributed by atoms with Crippen molar-refractivity contribution in [3.05, 3.63) is 32.6 Å². The number of rotatable bonds is 20. The number of hydrogen-bond donors (Lipinski definition) is 0. The van der Waals surface area contributed by atoms with Crippen LogP contribution >= 0.6 is 22.7 Å². The van der Waals surface area contributed by atoms with Crippen molar-refractivity contribution in [1.29, 1.82) is 0 Å². The summed E-state index contributed by atoms with van der Waals surface area (Å²) >= 11 is 3.24. The van der Waals surface area contributed by atoms with Crippen LogP contribution in [0.5, 0.6) is 0 Å². The largest absolute Gasteiger partial charge is 0.307 e. The maximum Gasteiger partial charge on any atom is 0.260 e. The molecule has 2 aliphatic heterocycles. The van der Waals surface area contributed by atoms with Crippen molar-refractivity contribution in [2.24, 2.45) is 11.8 Å². The molecule has 42 heavy (non-hydrogen) atoms. The molecule has 0 aliphatic carbocycles. The van der Waals surface area contributed by atoms with Crippen LogP contribution in [0.15, 0.2) is 22.9 Å². The van der Waals surface area contributed by atoms with E-state index in [9.17, 15) is 9.59 Å². The zero-order chi connectivity index (χ0) is 29.9. The quantitative estimate of drug-likeness (QED) is 0.110. The Labute approximate surface area is 263 Å². The maximum atomic E-state index is 14.3. The van der Waals surface area contributed by atoms with Crippen LogP contribution in [-0.4, -0.2) is 24.9 Å². The Hall–Kier alpha value is -1.92. The third kappa shape index (κ3) is 7.77. The van der Waals surface area contributed by atoms with Gasteiger partial charge in [0.05, 0.1) is 32.3 Å². The van der Waals surface area contributed by atoms with Crippen molar-refractivity contribution in [3.8, 4) is 0 Å². The fourth-order valence-electron chi connectivity index (χ4n) is 6.77. The molecule has 2 amide bonds. The van der Waals surface area contributed by atoms with Gasteiger partial charge in [-0.15, -0.1) is 22.7 Å². The average Bonchev–Trinajstić information content (AvgIpc) is 3.76. The molecule has 6 heteroatoms. The third-order valence-electron chi connectivity index (χ3n) is 9.24. The van der Waals surface area contributed by atoms with E-state index in [1.807, 2.05) is 9.80 Å². The van der Waals surface area contributed by atoms with Crippen LogP contribution in [0.25, 0.3) is 11.1 Å². The molecule has 4 heterocycles. The number of anilines is 2. The van der Waals surface area contributed by atoms with Crippen LogP contribution < -0.4 is 9.80 Å². The van der Waals surface area contributed by atoms with Gasteiger partial charge in [-0.05, 0) is 60.4 Å². The van der Waals surface area contributed by atoms with Crippen LogP contribution in [0.2, 0.25) is 0 Å². The Morgan fingerprint density at radius 1 is 0.548 bits per heavy atom. The number of carbonyl (C=O) groups excluding carboxylic acids is 2. The lowest BCUT2D eigenvalue weighted by molar-refractivity contribution is -0.114. The standard InChI is InChI=1S/C36H54N2O2S2/c1-5-9-13-15-19-27(17-11-7-3)25-37-29-21-23-41-33(29)31(35(37)39)32-34-30(22-24-42-34)38(36(32)40)26-28(18-12-8-4)20-16-14-10-6-2/h21-24,27-28H,5-20,25-26H2,1-4H3/b32-31-. The number of hydrogen-bond acceptors (Lipinski definition) is 4. The third-order valence-corrected chi connectivity index (χ3v) is 11.1. The monoisotopic (exact) mass is 610 g/mol. The van der Waals surface area contributed by atoms with Crippen molar-refractivity contribution >= 4 is 57.0 Å². The zero-order valence-corrected chi connectivity index (χ0v) is 28.4. The van der Waals surface area contributed by atoms with E-state index in [0.29, 0.717) is 23.0 Å². The number of fused-ring (bicyclic) bond motifs is 2. The van der Waals surface area contributed by atoms with E-state index in [1.54, 1.807) is 22.7 Å². The van der Waals surface area contributed by atoms with Gasteiger partial charge < -0.3 is 9.80 Å². The second kappa shape index (κ2) is 16.8. The summed E-state index contributed by atoms with van der Waals surface area (Å²) in [5.74, 6) is 1.09. The Kier molecular flexibility index (Phi) is 13.2. The minimum Gasteiger partial charge on any atom is -0.307 e. The van der Waals surface area contributed by atoms with E-state index >= 15 is 0 Å². The summed E-state index contributed by atoms with van der Waals surface area (Å²) in [4.78, 5) is 34.5. The molecule has 0 saturated carbocycles. The highest BCUT2D eigenvalue weighted by Crippen LogP contribution is 2.50. The first kappa shape index (κ1) is 33.0. The van der Waals surface area contributed by atoms with E-state index < -0.39 is 0 Å². The predicted octanol–water partition coefficient (Wildman–Crippen LogP) is 11.0. The van der Waals surface area contributed by atoms with Crippen molar-refractivity contribution < 1.29 is 9.59 Å². The smallest absolute Gasteiger partial charge is 0.260 e. The number of unbranched alkanes of at least 4 members (excludes halogenated alkanes) is 8. The fourth-order valence-corrected chi connectivity index (χ4v) is 8.64. The predicted molar refractivity (Wildman–Crippen MR) is 184 cm³/mol. The summed E-state index contributed by atoms with van der Waals surface area (Å²) in [6.07, 6.45) is 19.5. The average molecular weight is 611 g/mol. The van der Waals surface area contributed by atoms with Gasteiger partial charge in [0.25, 0.3) is 11.8 Å². The van der Waals surface area contributed by atoms with Gasteiger partial charge >= 0.3 is 0 Å². The molecule has 2 aromatic heterocycles. The van der Waals surface area contributed by atoms with Gasteiger partial charge in [-0.1, -0.05) is 105 Å². The zero-order valence-electron chi connectivity index (χ0n) is 26.7. The molecule has 4 nitrogen and oxygen atoms in total. The number of amides is 2. The van der Waals surface area contributed by atoms with Gasteiger partial charge in [0.1, 0.15) is 0 Å². The Balaban J connectivity index is 1.58. The lowest BCUT2D eigenvalue weighted by Crippen LogP contribution is -2.34. The molecule has 0 saturated heterocycles. The maximum absolute atomic E-state index is 14.3. The van der Waals surface area contributed by atoms with Crippen molar-refractivity contribution in [2.45, 2.75) is 130 Å². The molecule has 2 aromatic rings. The molecule has 4 rings (SSSR count). The SMILES string of the molecule is CCCCCCC(CCCC)CN1C(=O)/C(=C2\C(=O)N(CC(CCCC)CCCCCC)c3ccsc32)c2sccc21. The van der Waals surface area contributed by atoms with Gasteiger partial charge in [-0.25, -0.2) is 0 Å². The van der Waals surface area contributed by atoms with Crippen LogP contribution in [0.1, 0.15) is 140 Å². The Morgan fingerprint density at radius 3 is 1.31 bits per heavy atom. The molecular formula is C36H54N2O2S2. The number of nitrogens with zero attached hydrogens (tertiary/aromatic N) is 2. The van der Waals surface area contributed by atoms with Gasteiger partial charge in [0.15, 0.2) is 0 Å². The Morgan fingerprint density at radius 2 is 0.929 bits per heavy atom. The summed E-state index contributed by atoms with van der Waals surface area (Å²) < 4.78 is 0. The minimum absolute atomic E-state index is 0.0403. The van der Waals surface area contributed by atoms with E-state index in [1.165, 1.54) is 89.9 Å². The van der Waals surface area contributed by atoms with Gasteiger partial charge in [0.2, 0.25) is 0 Å². The molecule has 232 valence electrons. The molecule has 0 radical (unpaired) electrons. The molecule has 2 atom stereocenters. The first-order valence-electron chi connectivity index (χ1n) is 17.1. The van der Waals surface area contributed by atoms with Crippen LogP contribution in [0.3, 0.4) is 0 Å². The van der Waals surface area contributed by atoms with Crippen LogP contribution in [-0.2, 0) is 9.59 Å². The van der Waals surface area contributed by atoms with Gasteiger partial charge in [0, 0.05) is 13.1 Å². The molecule has 0 N–H and O–H groups in total. The lowest BCUT2D eigenvalue weighted by atomic mass is 9.94.